The first-order valence-electron chi connectivity index (χ1n) is 3.84. The van der Waals surface area contributed by atoms with Crippen LogP contribution in [0.25, 0.3) is 0 Å². The average molecular weight is 222 g/mol. The summed E-state index contributed by atoms with van der Waals surface area (Å²) in [6.07, 6.45) is -4.82. The number of nitrogens with two attached hydrogens (primary N) is 3. The number of aromatic nitrogens is 1. The van der Waals surface area contributed by atoms with Crippen molar-refractivity contribution in [2.45, 2.75) is 12.9 Å². The minimum atomic E-state index is -4.82. The topological polar surface area (TPSA) is 100 Å². The van der Waals surface area contributed by atoms with Crippen LogP contribution in [-0.4, -0.2) is 11.3 Å². The van der Waals surface area contributed by atoms with Crippen molar-refractivity contribution in [1.29, 1.82) is 0 Å². The number of rotatable bonds is 2. The predicted molar refractivity (Wildman–Crippen MR) is 47.6 cm³/mol. The van der Waals surface area contributed by atoms with E-state index in [0.29, 0.717) is 0 Å². The normalized spacial score (nSPS) is 11.5. The number of alkyl halides is 3. The standard InChI is InChI=1S/C7H9F3N4O/c8-7(9,10)15-4-1-5(12)14-6(13)3(4)2-11/h1H,2,11H2,(H4,12,13,14). The Hall–Kier alpha value is -1.70. The first kappa shape index (κ1) is 11.4. The van der Waals surface area contributed by atoms with Gasteiger partial charge >= 0.3 is 6.36 Å². The van der Waals surface area contributed by atoms with Crippen LogP contribution in [0.15, 0.2) is 6.07 Å². The Balaban J connectivity index is 3.15. The summed E-state index contributed by atoms with van der Waals surface area (Å²) in [6.45, 7) is -0.218. The van der Waals surface area contributed by atoms with Gasteiger partial charge in [-0.1, -0.05) is 0 Å². The summed E-state index contributed by atoms with van der Waals surface area (Å²) in [6, 6.07) is 0.923. The molecule has 1 aromatic rings. The van der Waals surface area contributed by atoms with Crippen LogP contribution in [-0.2, 0) is 6.54 Å². The molecule has 5 nitrogen and oxygen atoms in total. The summed E-state index contributed by atoms with van der Waals surface area (Å²) in [5, 5.41) is 0. The molecule has 0 saturated carbocycles. The van der Waals surface area contributed by atoms with Gasteiger partial charge in [-0.3, -0.25) is 0 Å². The highest BCUT2D eigenvalue weighted by atomic mass is 19.4. The highest BCUT2D eigenvalue weighted by molar-refractivity contribution is 5.55. The number of pyridine rings is 1. The minimum Gasteiger partial charge on any atom is -0.405 e. The van der Waals surface area contributed by atoms with Crippen molar-refractivity contribution in [2.24, 2.45) is 5.73 Å². The second kappa shape index (κ2) is 3.81. The summed E-state index contributed by atoms with van der Waals surface area (Å²) < 4.78 is 39.6. The van der Waals surface area contributed by atoms with Crippen molar-refractivity contribution < 1.29 is 17.9 Å². The van der Waals surface area contributed by atoms with Crippen molar-refractivity contribution in [3.05, 3.63) is 11.6 Å². The van der Waals surface area contributed by atoms with Crippen LogP contribution in [0, 0.1) is 0 Å². The van der Waals surface area contributed by atoms with E-state index in [1.807, 2.05) is 0 Å². The molecular weight excluding hydrogens is 213 g/mol. The third-order valence-electron chi connectivity index (χ3n) is 1.56. The fraction of sp³-hybridized carbons (Fsp3) is 0.286. The first-order chi connectivity index (χ1) is 6.83. The summed E-state index contributed by atoms with van der Waals surface area (Å²) in [4.78, 5) is 3.56. The number of halogens is 3. The maximum absolute atomic E-state index is 12.0. The molecule has 0 atom stereocenters. The molecule has 0 spiro atoms. The largest absolute Gasteiger partial charge is 0.573 e. The van der Waals surface area contributed by atoms with Gasteiger partial charge in [0.25, 0.3) is 0 Å². The second-order valence-electron chi connectivity index (χ2n) is 2.66. The molecule has 0 fully saturated rings. The molecule has 0 bridgehead atoms. The molecule has 0 unspecified atom stereocenters. The zero-order valence-corrected chi connectivity index (χ0v) is 7.51. The minimum absolute atomic E-state index is 0.0264. The lowest BCUT2D eigenvalue weighted by atomic mass is 10.2. The van der Waals surface area contributed by atoms with E-state index < -0.39 is 12.1 Å². The number of ether oxygens (including phenoxy) is 1. The van der Waals surface area contributed by atoms with E-state index in [-0.39, 0.29) is 23.7 Å². The number of anilines is 2. The Morgan fingerprint density at radius 3 is 2.40 bits per heavy atom. The van der Waals surface area contributed by atoms with E-state index >= 15 is 0 Å². The summed E-state index contributed by atoms with van der Waals surface area (Å²) in [5.74, 6) is -0.851. The van der Waals surface area contributed by atoms with Crippen LogP contribution >= 0.6 is 0 Å². The Kier molecular flexibility index (Phi) is 2.89. The predicted octanol–water partition coefficient (Wildman–Crippen LogP) is 0.603. The van der Waals surface area contributed by atoms with Gasteiger partial charge in [0.1, 0.15) is 17.4 Å². The molecule has 0 aliphatic heterocycles. The van der Waals surface area contributed by atoms with Crippen molar-refractivity contribution in [3.8, 4) is 5.75 Å². The van der Waals surface area contributed by atoms with Gasteiger partial charge in [0.15, 0.2) is 0 Å². The van der Waals surface area contributed by atoms with Crippen LogP contribution in [0.5, 0.6) is 5.75 Å². The van der Waals surface area contributed by atoms with Gasteiger partial charge in [-0.25, -0.2) is 4.98 Å². The Labute approximate surface area is 83.0 Å². The van der Waals surface area contributed by atoms with Gasteiger partial charge in [-0.2, -0.15) is 0 Å². The van der Waals surface area contributed by atoms with Gasteiger partial charge < -0.3 is 21.9 Å². The van der Waals surface area contributed by atoms with Gasteiger partial charge in [0.05, 0.1) is 5.56 Å². The fourth-order valence-electron chi connectivity index (χ4n) is 1.01. The molecule has 0 radical (unpaired) electrons. The molecule has 84 valence electrons. The SMILES string of the molecule is NCc1c(OC(F)(F)F)cc(N)nc1N. The number of nitrogen functional groups attached to an aromatic ring is 2. The van der Waals surface area contributed by atoms with Crippen LogP contribution in [0.4, 0.5) is 24.8 Å². The van der Waals surface area contributed by atoms with Crippen LogP contribution in [0.1, 0.15) is 5.56 Å². The van der Waals surface area contributed by atoms with E-state index in [0.717, 1.165) is 6.07 Å². The van der Waals surface area contributed by atoms with E-state index in [4.69, 9.17) is 17.2 Å². The number of hydrogen-bond acceptors (Lipinski definition) is 5. The molecule has 0 aliphatic carbocycles. The highest BCUT2D eigenvalue weighted by Crippen LogP contribution is 2.30. The molecule has 0 aliphatic rings. The third kappa shape index (κ3) is 2.88. The number of nitrogens with zero attached hydrogens (tertiary/aromatic N) is 1. The van der Waals surface area contributed by atoms with Gasteiger partial charge in [-0.05, 0) is 0 Å². The fourth-order valence-corrected chi connectivity index (χ4v) is 1.01. The Bertz CT molecular complexity index is 366. The van der Waals surface area contributed by atoms with Crippen LogP contribution in [0.2, 0.25) is 0 Å². The molecule has 0 amide bonds. The van der Waals surface area contributed by atoms with Gasteiger partial charge in [0.2, 0.25) is 0 Å². The Morgan fingerprint density at radius 1 is 1.33 bits per heavy atom. The Morgan fingerprint density at radius 2 is 1.93 bits per heavy atom. The lowest BCUT2D eigenvalue weighted by Crippen LogP contribution is -2.20. The maximum atomic E-state index is 12.0. The van der Waals surface area contributed by atoms with E-state index in [2.05, 4.69) is 9.72 Å². The van der Waals surface area contributed by atoms with Crippen molar-refractivity contribution >= 4 is 11.6 Å². The zero-order chi connectivity index (χ0) is 11.6. The van der Waals surface area contributed by atoms with Crippen LogP contribution in [0.3, 0.4) is 0 Å². The van der Waals surface area contributed by atoms with Crippen molar-refractivity contribution in [2.75, 3.05) is 11.5 Å². The first-order valence-corrected chi connectivity index (χ1v) is 3.84. The molecule has 8 heteroatoms. The third-order valence-corrected chi connectivity index (χ3v) is 1.56. The molecule has 1 rings (SSSR count). The molecule has 0 saturated heterocycles. The van der Waals surface area contributed by atoms with Crippen LogP contribution < -0.4 is 21.9 Å². The summed E-state index contributed by atoms with van der Waals surface area (Å²) in [7, 11) is 0. The molecule has 1 aromatic heterocycles. The van der Waals surface area contributed by atoms with Gasteiger partial charge in [-0.15, -0.1) is 13.2 Å². The van der Waals surface area contributed by atoms with E-state index in [1.54, 1.807) is 0 Å². The zero-order valence-electron chi connectivity index (χ0n) is 7.51. The average Bonchev–Trinajstić information content (AvgIpc) is 1.99. The van der Waals surface area contributed by atoms with E-state index in [9.17, 15) is 13.2 Å². The molecular formula is C7H9F3N4O. The maximum Gasteiger partial charge on any atom is 0.573 e. The van der Waals surface area contributed by atoms with Crippen molar-refractivity contribution in [3.63, 3.8) is 0 Å². The molecule has 6 N–H and O–H groups in total. The lowest BCUT2D eigenvalue weighted by molar-refractivity contribution is -0.274. The summed E-state index contributed by atoms with van der Waals surface area (Å²) >= 11 is 0. The lowest BCUT2D eigenvalue weighted by Gasteiger charge is -2.13. The summed E-state index contributed by atoms with van der Waals surface area (Å²) in [5.41, 5.74) is 15.7. The molecule has 1 heterocycles. The number of hydrogen-bond donors (Lipinski definition) is 3. The second-order valence-corrected chi connectivity index (χ2v) is 2.66. The van der Waals surface area contributed by atoms with Gasteiger partial charge in [0, 0.05) is 12.6 Å². The van der Waals surface area contributed by atoms with E-state index in [1.165, 1.54) is 0 Å². The molecule has 15 heavy (non-hydrogen) atoms. The molecule has 0 aromatic carbocycles. The smallest absolute Gasteiger partial charge is 0.405 e. The monoisotopic (exact) mass is 222 g/mol. The quantitative estimate of drug-likeness (QED) is 0.680. The van der Waals surface area contributed by atoms with Crippen molar-refractivity contribution in [1.82, 2.24) is 4.98 Å². The highest BCUT2D eigenvalue weighted by Gasteiger charge is 2.32.